The third kappa shape index (κ3) is 3.03. The van der Waals surface area contributed by atoms with Gasteiger partial charge in [0.25, 0.3) is 0 Å². The van der Waals surface area contributed by atoms with Crippen LogP contribution in [0.2, 0.25) is 0 Å². The van der Waals surface area contributed by atoms with E-state index in [1.165, 1.54) is 23.5 Å². The van der Waals surface area contributed by atoms with Crippen LogP contribution in [0.1, 0.15) is 29.9 Å². The molecule has 4 nitrogen and oxygen atoms in total. The van der Waals surface area contributed by atoms with Crippen molar-refractivity contribution in [2.24, 2.45) is 0 Å². The van der Waals surface area contributed by atoms with Gasteiger partial charge in [0.05, 0.1) is 21.8 Å². The summed E-state index contributed by atoms with van der Waals surface area (Å²) in [4.78, 5) is 8.16. The Bertz CT molecular complexity index is 927. The first kappa shape index (κ1) is 16.2. The SMILES string of the molecule is CC(Nc1nc(C#N)nc2ccsc12)c1ccccc1C(F)(F)F. The number of alkyl halides is 3. The molecule has 24 heavy (non-hydrogen) atoms. The molecule has 0 amide bonds. The number of hydrogen-bond acceptors (Lipinski definition) is 5. The van der Waals surface area contributed by atoms with Crippen molar-refractivity contribution in [1.82, 2.24) is 9.97 Å². The normalized spacial score (nSPS) is 12.8. The fourth-order valence-electron chi connectivity index (χ4n) is 2.43. The van der Waals surface area contributed by atoms with E-state index in [2.05, 4.69) is 15.3 Å². The second-order valence-corrected chi connectivity index (χ2v) is 6.01. The maximum Gasteiger partial charge on any atom is 0.416 e. The van der Waals surface area contributed by atoms with Crippen LogP contribution in [0.3, 0.4) is 0 Å². The average Bonchev–Trinajstić information content (AvgIpc) is 3.02. The van der Waals surface area contributed by atoms with Crippen molar-refractivity contribution in [2.45, 2.75) is 19.1 Å². The summed E-state index contributed by atoms with van der Waals surface area (Å²) >= 11 is 1.36. The Labute approximate surface area is 139 Å². The van der Waals surface area contributed by atoms with E-state index in [4.69, 9.17) is 5.26 Å². The third-order valence-corrected chi connectivity index (χ3v) is 4.40. The quantitative estimate of drug-likeness (QED) is 0.742. The predicted molar refractivity (Wildman–Crippen MR) is 85.6 cm³/mol. The zero-order valence-corrected chi connectivity index (χ0v) is 13.2. The van der Waals surface area contributed by atoms with Crippen LogP contribution in [0.25, 0.3) is 10.2 Å². The number of anilines is 1. The molecule has 8 heteroatoms. The summed E-state index contributed by atoms with van der Waals surface area (Å²) in [6.07, 6.45) is -4.44. The summed E-state index contributed by atoms with van der Waals surface area (Å²) < 4.78 is 40.2. The summed E-state index contributed by atoms with van der Waals surface area (Å²) in [5.41, 5.74) is 0.0131. The molecule has 0 aliphatic heterocycles. The molecule has 0 saturated carbocycles. The van der Waals surface area contributed by atoms with Gasteiger partial charge in [-0.1, -0.05) is 18.2 Å². The van der Waals surface area contributed by atoms with Gasteiger partial charge >= 0.3 is 6.18 Å². The maximum absolute atomic E-state index is 13.2. The van der Waals surface area contributed by atoms with Gasteiger partial charge in [-0.25, -0.2) is 9.97 Å². The van der Waals surface area contributed by atoms with Gasteiger partial charge in [-0.3, -0.25) is 0 Å². The minimum Gasteiger partial charge on any atom is -0.362 e. The molecule has 3 aromatic rings. The zero-order valence-electron chi connectivity index (χ0n) is 12.4. The maximum atomic E-state index is 13.2. The molecule has 0 saturated heterocycles. The van der Waals surface area contributed by atoms with Crippen LogP contribution in [-0.2, 0) is 6.18 Å². The van der Waals surface area contributed by atoms with Gasteiger partial charge in [-0.05, 0) is 30.0 Å². The molecular formula is C16H11F3N4S. The Morgan fingerprint density at radius 1 is 1.21 bits per heavy atom. The summed E-state index contributed by atoms with van der Waals surface area (Å²) in [6, 6.07) is 8.35. The Morgan fingerprint density at radius 3 is 2.67 bits per heavy atom. The zero-order chi connectivity index (χ0) is 17.3. The van der Waals surface area contributed by atoms with Gasteiger partial charge < -0.3 is 5.32 Å². The molecule has 0 fully saturated rings. The van der Waals surface area contributed by atoms with Crippen LogP contribution in [0.5, 0.6) is 0 Å². The predicted octanol–water partition coefficient (Wildman–Crippen LogP) is 4.75. The van der Waals surface area contributed by atoms with Crippen LogP contribution in [-0.4, -0.2) is 9.97 Å². The van der Waals surface area contributed by atoms with Crippen molar-refractivity contribution in [3.8, 4) is 6.07 Å². The molecule has 0 aliphatic carbocycles. The van der Waals surface area contributed by atoms with E-state index < -0.39 is 17.8 Å². The monoisotopic (exact) mass is 348 g/mol. The second-order valence-electron chi connectivity index (χ2n) is 5.09. The standard InChI is InChI=1S/C16H11F3N4S/c1-9(10-4-2-3-5-11(10)16(17,18)19)21-15-14-12(6-7-24-14)22-13(8-20)23-15/h2-7,9H,1H3,(H,21,22,23). The lowest BCUT2D eigenvalue weighted by atomic mass is 10.0. The molecule has 2 heterocycles. The fraction of sp³-hybridized carbons (Fsp3) is 0.188. The van der Waals surface area contributed by atoms with Crippen LogP contribution < -0.4 is 5.32 Å². The molecule has 1 aromatic carbocycles. The lowest BCUT2D eigenvalue weighted by Gasteiger charge is -2.20. The Morgan fingerprint density at radius 2 is 1.96 bits per heavy atom. The highest BCUT2D eigenvalue weighted by atomic mass is 32.1. The van der Waals surface area contributed by atoms with E-state index in [-0.39, 0.29) is 11.4 Å². The molecule has 1 N–H and O–H groups in total. The summed E-state index contributed by atoms with van der Waals surface area (Å²) in [6.45, 7) is 1.62. The second kappa shape index (κ2) is 6.09. The van der Waals surface area contributed by atoms with Gasteiger partial charge in [0, 0.05) is 0 Å². The number of nitrogens with zero attached hydrogens (tertiary/aromatic N) is 3. The lowest BCUT2D eigenvalue weighted by Crippen LogP contribution is -2.16. The van der Waals surface area contributed by atoms with Crippen LogP contribution >= 0.6 is 11.3 Å². The van der Waals surface area contributed by atoms with Crippen LogP contribution in [0, 0.1) is 11.3 Å². The first-order chi connectivity index (χ1) is 11.4. The molecule has 0 aliphatic rings. The Kier molecular flexibility index (Phi) is 4.11. The number of thiophene rings is 1. The molecule has 0 radical (unpaired) electrons. The highest BCUT2D eigenvalue weighted by Gasteiger charge is 2.34. The van der Waals surface area contributed by atoms with Crippen molar-refractivity contribution >= 4 is 27.4 Å². The van der Waals surface area contributed by atoms with E-state index in [0.29, 0.717) is 16.0 Å². The van der Waals surface area contributed by atoms with E-state index in [1.54, 1.807) is 24.4 Å². The van der Waals surface area contributed by atoms with Crippen LogP contribution in [0.4, 0.5) is 19.0 Å². The smallest absolute Gasteiger partial charge is 0.362 e. The molecular weight excluding hydrogens is 337 g/mol. The Hall–Kier alpha value is -2.66. The van der Waals surface area contributed by atoms with Crippen molar-refractivity contribution in [2.75, 3.05) is 5.32 Å². The first-order valence-electron chi connectivity index (χ1n) is 6.98. The van der Waals surface area contributed by atoms with E-state index in [9.17, 15) is 13.2 Å². The number of fused-ring (bicyclic) bond motifs is 1. The fourth-order valence-corrected chi connectivity index (χ4v) is 3.21. The minimum absolute atomic E-state index is 0.0280. The highest BCUT2D eigenvalue weighted by molar-refractivity contribution is 7.17. The largest absolute Gasteiger partial charge is 0.416 e. The molecule has 3 rings (SSSR count). The number of hydrogen-bond donors (Lipinski definition) is 1. The molecule has 122 valence electrons. The molecule has 2 aromatic heterocycles. The number of benzene rings is 1. The number of rotatable bonds is 3. The molecule has 0 bridgehead atoms. The van der Waals surface area contributed by atoms with E-state index in [0.717, 1.165) is 6.07 Å². The molecule has 1 atom stereocenters. The van der Waals surface area contributed by atoms with Gasteiger partial charge in [-0.15, -0.1) is 11.3 Å². The van der Waals surface area contributed by atoms with Crippen molar-refractivity contribution < 1.29 is 13.2 Å². The minimum atomic E-state index is -4.44. The average molecular weight is 348 g/mol. The van der Waals surface area contributed by atoms with E-state index >= 15 is 0 Å². The summed E-state index contributed by atoms with van der Waals surface area (Å²) in [5, 5.41) is 13.8. The van der Waals surface area contributed by atoms with Gasteiger partial charge in [-0.2, -0.15) is 18.4 Å². The summed E-state index contributed by atoms with van der Waals surface area (Å²) in [7, 11) is 0. The number of halogens is 3. The molecule has 1 unspecified atom stereocenters. The highest BCUT2D eigenvalue weighted by Crippen LogP contribution is 2.36. The van der Waals surface area contributed by atoms with Gasteiger partial charge in [0.15, 0.2) is 0 Å². The molecule has 0 spiro atoms. The first-order valence-corrected chi connectivity index (χ1v) is 7.86. The number of nitriles is 1. The Balaban J connectivity index is 2.01. The number of nitrogens with one attached hydrogen (secondary N) is 1. The topological polar surface area (TPSA) is 61.6 Å². The van der Waals surface area contributed by atoms with Crippen LogP contribution in [0.15, 0.2) is 35.7 Å². The number of aromatic nitrogens is 2. The van der Waals surface area contributed by atoms with Crippen molar-refractivity contribution in [3.63, 3.8) is 0 Å². The van der Waals surface area contributed by atoms with Crippen molar-refractivity contribution in [1.29, 1.82) is 5.26 Å². The lowest BCUT2D eigenvalue weighted by molar-refractivity contribution is -0.138. The van der Waals surface area contributed by atoms with E-state index in [1.807, 2.05) is 6.07 Å². The van der Waals surface area contributed by atoms with Crippen molar-refractivity contribution in [3.05, 3.63) is 52.7 Å². The van der Waals surface area contributed by atoms with Gasteiger partial charge in [0.2, 0.25) is 5.82 Å². The summed E-state index contributed by atoms with van der Waals surface area (Å²) in [5.74, 6) is 0.329. The third-order valence-electron chi connectivity index (χ3n) is 3.49. The van der Waals surface area contributed by atoms with Gasteiger partial charge in [0.1, 0.15) is 11.9 Å².